The molecule has 0 aliphatic rings. The standard InChI is InChI=1S/C27H37ClN2O3/c1-7-19(3)29-26(32)23(8-2)30(17-20-13-9-11-15-22(20)28)25(31)18-33-24-16-12-10-14-21(24)27(4,5)6/h9-16,19,23H,7-8,17-18H2,1-6H3,(H,29,32)/t19-,23-/m1/s1. The molecule has 0 aliphatic heterocycles. The molecule has 33 heavy (non-hydrogen) atoms. The van der Waals surface area contributed by atoms with Crippen molar-refractivity contribution in [3.8, 4) is 5.75 Å². The number of amides is 2. The predicted molar refractivity (Wildman–Crippen MR) is 135 cm³/mol. The summed E-state index contributed by atoms with van der Waals surface area (Å²) in [6.45, 7) is 12.3. The number of para-hydroxylation sites is 1. The van der Waals surface area contributed by atoms with Crippen molar-refractivity contribution >= 4 is 23.4 Å². The molecular formula is C27H37ClN2O3. The number of halogens is 1. The Morgan fingerprint density at radius 3 is 2.27 bits per heavy atom. The average Bonchev–Trinajstić information content (AvgIpc) is 2.78. The zero-order valence-electron chi connectivity index (χ0n) is 20.7. The SMILES string of the molecule is CC[C@@H](C)NC(=O)[C@@H](CC)N(Cc1ccccc1Cl)C(=O)COc1ccccc1C(C)(C)C. The van der Waals surface area contributed by atoms with E-state index in [-0.39, 0.29) is 36.4 Å². The van der Waals surface area contributed by atoms with Crippen LogP contribution < -0.4 is 10.1 Å². The van der Waals surface area contributed by atoms with Gasteiger partial charge in [-0.1, -0.05) is 82.6 Å². The second kappa shape index (κ2) is 12.1. The molecule has 1 N–H and O–H groups in total. The van der Waals surface area contributed by atoms with Crippen LogP contribution in [0.15, 0.2) is 48.5 Å². The quantitative estimate of drug-likeness (QED) is 0.479. The smallest absolute Gasteiger partial charge is 0.261 e. The minimum absolute atomic E-state index is 0.0266. The van der Waals surface area contributed by atoms with Crippen LogP contribution in [0.4, 0.5) is 0 Å². The van der Waals surface area contributed by atoms with Gasteiger partial charge in [-0.15, -0.1) is 0 Å². The monoisotopic (exact) mass is 472 g/mol. The summed E-state index contributed by atoms with van der Waals surface area (Å²) < 4.78 is 6.00. The second-order valence-electron chi connectivity index (χ2n) is 9.39. The first-order valence-corrected chi connectivity index (χ1v) is 12.0. The van der Waals surface area contributed by atoms with Crippen LogP contribution in [-0.2, 0) is 21.5 Å². The van der Waals surface area contributed by atoms with Crippen LogP contribution in [0, 0.1) is 0 Å². The number of carbonyl (C=O) groups is 2. The van der Waals surface area contributed by atoms with E-state index in [1.54, 1.807) is 11.0 Å². The fourth-order valence-corrected chi connectivity index (χ4v) is 3.80. The Morgan fingerprint density at radius 2 is 1.67 bits per heavy atom. The number of hydrogen-bond acceptors (Lipinski definition) is 3. The highest BCUT2D eigenvalue weighted by atomic mass is 35.5. The van der Waals surface area contributed by atoms with Crippen LogP contribution >= 0.6 is 11.6 Å². The van der Waals surface area contributed by atoms with Crippen molar-refractivity contribution in [2.45, 2.75) is 78.4 Å². The zero-order valence-corrected chi connectivity index (χ0v) is 21.4. The summed E-state index contributed by atoms with van der Waals surface area (Å²) in [5.41, 5.74) is 1.69. The maximum atomic E-state index is 13.4. The number of nitrogens with one attached hydrogen (secondary N) is 1. The van der Waals surface area contributed by atoms with Crippen LogP contribution in [0.2, 0.25) is 5.02 Å². The first-order chi connectivity index (χ1) is 15.6. The van der Waals surface area contributed by atoms with Crippen LogP contribution in [0.5, 0.6) is 5.75 Å². The highest BCUT2D eigenvalue weighted by molar-refractivity contribution is 6.31. The van der Waals surface area contributed by atoms with Gasteiger partial charge >= 0.3 is 0 Å². The van der Waals surface area contributed by atoms with Crippen molar-refractivity contribution in [2.75, 3.05) is 6.61 Å². The van der Waals surface area contributed by atoms with Crippen LogP contribution in [0.1, 0.15) is 65.5 Å². The van der Waals surface area contributed by atoms with E-state index in [4.69, 9.17) is 16.3 Å². The van der Waals surface area contributed by atoms with Gasteiger partial charge in [-0.3, -0.25) is 9.59 Å². The van der Waals surface area contributed by atoms with Crippen molar-refractivity contribution in [1.82, 2.24) is 10.2 Å². The van der Waals surface area contributed by atoms with E-state index in [1.165, 1.54) is 0 Å². The molecule has 5 nitrogen and oxygen atoms in total. The maximum Gasteiger partial charge on any atom is 0.261 e. The molecule has 0 saturated heterocycles. The van der Waals surface area contributed by atoms with Crippen molar-refractivity contribution in [3.63, 3.8) is 0 Å². The number of nitrogens with zero attached hydrogens (tertiary/aromatic N) is 1. The third kappa shape index (κ3) is 7.50. The molecule has 0 saturated carbocycles. The largest absolute Gasteiger partial charge is 0.483 e. The number of ether oxygens (including phenoxy) is 1. The Bertz CT molecular complexity index is 939. The molecule has 0 unspecified atom stereocenters. The van der Waals surface area contributed by atoms with Gasteiger partial charge in [0.05, 0.1) is 0 Å². The van der Waals surface area contributed by atoms with E-state index in [9.17, 15) is 9.59 Å². The van der Waals surface area contributed by atoms with Gasteiger partial charge in [0.2, 0.25) is 5.91 Å². The minimum Gasteiger partial charge on any atom is -0.483 e. The fraction of sp³-hybridized carbons (Fsp3) is 0.481. The second-order valence-corrected chi connectivity index (χ2v) is 9.80. The van der Waals surface area contributed by atoms with E-state index in [2.05, 4.69) is 26.1 Å². The molecule has 6 heteroatoms. The molecule has 2 rings (SSSR count). The summed E-state index contributed by atoms with van der Waals surface area (Å²) in [6.07, 6.45) is 1.30. The number of hydrogen-bond donors (Lipinski definition) is 1. The summed E-state index contributed by atoms with van der Waals surface area (Å²) in [7, 11) is 0. The lowest BCUT2D eigenvalue weighted by Crippen LogP contribution is -2.51. The summed E-state index contributed by atoms with van der Waals surface area (Å²) in [4.78, 5) is 28.1. The lowest BCUT2D eigenvalue weighted by Gasteiger charge is -2.32. The van der Waals surface area contributed by atoms with Gasteiger partial charge in [-0.2, -0.15) is 0 Å². The van der Waals surface area contributed by atoms with E-state index in [1.807, 2.05) is 63.2 Å². The molecule has 2 aromatic carbocycles. The summed E-state index contributed by atoms with van der Waals surface area (Å²) in [5.74, 6) is 0.250. The lowest BCUT2D eigenvalue weighted by atomic mass is 9.86. The Balaban J connectivity index is 2.30. The van der Waals surface area contributed by atoms with E-state index >= 15 is 0 Å². The Hall–Kier alpha value is -2.53. The molecule has 0 radical (unpaired) electrons. The molecule has 0 bridgehead atoms. The van der Waals surface area contributed by atoms with E-state index in [0.717, 1.165) is 17.5 Å². The van der Waals surface area contributed by atoms with Crippen molar-refractivity contribution in [3.05, 3.63) is 64.7 Å². The first-order valence-electron chi connectivity index (χ1n) is 11.6. The minimum atomic E-state index is -0.621. The van der Waals surface area contributed by atoms with Crippen LogP contribution in [0.25, 0.3) is 0 Å². The normalized spacial score (nSPS) is 13.2. The predicted octanol–water partition coefficient (Wildman–Crippen LogP) is 5.74. The lowest BCUT2D eigenvalue weighted by molar-refractivity contribution is -0.143. The van der Waals surface area contributed by atoms with Crippen LogP contribution in [-0.4, -0.2) is 35.4 Å². The molecule has 0 spiro atoms. The van der Waals surface area contributed by atoms with Gasteiger partial charge in [0.15, 0.2) is 6.61 Å². The molecule has 0 aromatic heterocycles. The Morgan fingerprint density at radius 1 is 1.03 bits per heavy atom. The van der Waals surface area contributed by atoms with E-state index < -0.39 is 6.04 Å². The Labute approximate surface area is 203 Å². The maximum absolute atomic E-state index is 13.4. The highest BCUT2D eigenvalue weighted by Gasteiger charge is 2.30. The van der Waals surface area contributed by atoms with Gasteiger partial charge in [-0.25, -0.2) is 0 Å². The van der Waals surface area contributed by atoms with Crippen molar-refractivity contribution < 1.29 is 14.3 Å². The summed E-state index contributed by atoms with van der Waals surface area (Å²) in [5, 5.41) is 3.57. The van der Waals surface area contributed by atoms with Crippen molar-refractivity contribution in [2.24, 2.45) is 0 Å². The van der Waals surface area contributed by atoms with Gasteiger partial charge in [0.25, 0.3) is 5.91 Å². The zero-order chi connectivity index (χ0) is 24.6. The Kier molecular flexibility index (Phi) is 9.78. The number of rotatable bonds is 10. The molecule has 0 fully saturated rings. The average molecular weight is 473 g/mol. The van der Waals surface area contributed by atoms with Gasteiger partial charge in [0.1, 0.15) is 11.8 Å². The molecular weight excluding hydrogens is 436 g/mol. The molecule has 2 atom stereocenters. The topological polar surface area (TPSA) is 58.6 Å². The highest BCUT2D eigenvalue weighted by Crippen LogP contribution is 2.31. The third-order valence-electron chi connectivity index (χ3n) is 5.73. The van der Waals surface area contributed by atoms with Crippen LogP contribution in [0.3, 0.4) is 0 Å². The molecule has 2 amide bonds. The van der Waals surface area contributed by atoms with Crippen molar-refractivity contribution in [1.29, 1.82) is 0 Å². The summed E-state index contributed by atoms with van der Waals surface area (Å²) in [6, 6.07) is 14.5. The van der Waals surface area contributed by atoms with Gasteiger partial charge in [0, 0.05) is 17.6 Å². The number of carbonyl (C=O) groups excluding carboxylic acids is 2. The van der Waals surface area contributed by atoms with Gasteiger partial charge < -0.3 is 15.0 Å². The third-order valence-corrected chi connectivity index (χ3v) is 6.10. The summed E-state index contributed by atoms with van der Waals surface area (Å²) >= 11 is 6.38. The molecule has 2 aromatic rings. The fourth-order valence-electron chi connectivity index (χ4n) is 3.61. The molecule has 180 valence electrons. The van der Waals surface area contributed by atoms with E-state index in [0.29, 0.717) is 17.2 Å². The molecule has 0 heterocycles. The first kappa shape index (κ1) is 26.7. The number of benzene rings is 2. The van der Waals surface area contributed by atoms with Gasteiger partial charge in [-0.05, 0) is 48.4 Å². The molecule has 0 aliphatic carbocycles.